The quantitative estimate of drug-likeness (QED) is 0.455. The molecule has 1 aliphatic heterocycles. The van der Waals surface area contributed by atoms with Crippen LogP contribution in [0.25, 0.3) is 0 Å². The highest BCUT2D eigenvalue weighted by Gasteiger charge is 2.55. The molecule has 0 unspecified atom stereocenters. The van der Waals surface area contributed by atoms with Crippen LogP contribution in [0.4, 0.5) is 0 Å². The molecule has 0 spiro atoms. The van der Waals surface area contributed by atoms with E-state index in [9.17, 15) is 19.2 Å². The molecular formula is C21H26O10. The Hall–Kier alpha value is -3.14. The summed E-state index contributed by atoms with van der Waals surface area (Å²) < 4.78 is 32.0. The van der Waals surface area contributed by atoms with Gasteiger partial charge in [0.1, 0.15) is 5.75 Å². The van der Waals surface area contributed by atoms with Crippen LogP contribution in [0.3, 0.4) is 0 Å². The van der Waals surface area contributed by atoms with E-state index in [1.54, 1.807) is 12.1 Å². The second-order valence-corrected chi connectivity index (χ2v) is 6.79. The molecule has 0 amide bonds. The number of aryl methyl sites for hydroxylation is 1. The lowest BCUT2D eigenvalue weighted by molar-refractivity contribution is -0.282. The fourth-order valence-electron chi connectivity index (χ4n) is 3.11. The number of esters is 4. The molecule has 0 aromatic heterocycles. The van der Waals surface area contributed by atoms with Crippen molar-refractivity contribution >= 4 is 23.9 Å². The molecule has 31 heavy (non-hydrogen) atoms. The topological polar surface area (TPSA) is 124 Å². The Morgan fingerprint density at radius 3 is 1.84 bits per heavy atom. The van der Waals surface area contributed by atoms with E-state index < -0.39 is 54.6 Å². The number of rotatable bonds is 7. The third kappa shape index (κ3) is 6.42. The zero-order valence-electron chi connectivity index (χ0n) is 18.0. The van der Waals surface area contributed by atoms with Crippen LogP contribution in [0.5, 0.6) is 5.75 Å². The molecule has 0 aliphatic carbocycles. The predicted octanol–water partition coefficient (Wildman–Crippen LogP) is 1.32. The third-order valence-corrected chi connectivity index (χ3v) is 4.42. The third-order valence-electron chi connectivity index (χ3n) is 4.42. The summed E-state index contributed by atoms with van der Waals surface area (Å²) in [5.74, 6) is -2.78. The Bertz CT molecular complexity index is 803. The van der Waals surface area contributed by atoms with Crippen LogP contribution in [0.1, 0.15) is 33.3 Å². The molecule has 1 heterocycles. The highest BCUT2D eigenvalue weighted by molar-refractivity contribution is 5.77. The van der Waals surface area contributed by atoms with E-state index in [4.69, 9.17) is 28.4 Å². The van der Waals surface area contributed by atoms with E-state index in [1.165, 1.54) is 0 Å². The lowest BCUT2D eigenvalue weighted by Gasteiger charge is -2.43. The van der Waals surface area contributed by atoms with Crippen LogP contribution >= 0.6 is 0 Å². The molecular weight excluding hydrogens is 412 g/mol. The average Bonchev–Trinajstić information content (AvgIpc) is 2.71. The molecule has 1 saturated heterocycles. The Morgan fingerprint density at radius 2 is 1.35 bits per heavy atom. The molecule has 0 radical (unpaired) electrons. The van der Waals surface area contributed by atoms with E-state index in [-0.39, 0.29) is 0 Å². The van der Waals surface area contributed by atoms with Crippen molar-refractivity contribution < 1.29 is 47.6 Å². The van der Waals surface area contributed by atoms with Crippen molar-refractivity contribution in [2.24, 2.45) is 0 Å². The number of ether oxygens (including phenoxy) is 6. The largest absolute Gasteiger partial charge is 0.467 e. The molecule has 10 heteroatoms. The van der Waals surface area contributed by atoms with Crippen molar-refractivity contribution in [2.75, 3.05) is 7.11 Å². The molecule has 2 rings (SSSR count). The number of hydrogen-bond acceptors (Lipinski definition) is 10. The van der Waals surface area contributed by atoms with Gasteiger partial charge in [0.2, 0.25) is 12.4 Å². The number of carbonyl (C=O) groups is 4. The molecule has 1 fully saturated rings. The van der Waals surface area contributed by atoms with Crippen molar-refractivity contribution in [3.63, 3.8) is 0 Å². The SMILES string of the molecule is CCc1ccc(O[C@@H]2O[C@@H](C(=O)OC)[C@@H](OC(C)=O)[C@@H](OC(C)=O)[C@@H]2OC(C)=O)cc1. The van der Waals surface area contributed by atoms with Crippen LogP contribution < -0.4 is 4.74 Å². The first-order valence-electron chi connectivity index (χ1n) is 9.66. The maximum atomic E-state index is 12.4. The number of carbonyl (C=O) groups excluding carboxylic acids is 4. The lowest BCUT2D eigenvalue weighted by atomic mass is 9.97. The maximum absolute atomic E-state index is 12.4. The van der Waals surface area contributed by atoms with Crippen LogP contribution in [0.15, 0.2) is 24.3 Å². The van der Waals surface area contributed by atoms with Gasteiger partial charge >= 0.3 is 23.9 Å². The van der Waals surface area contributed by atoms with E-state index in [0.717, 1.165) is 39.9 Å². The lowest BCUT2D eigenvalue weighted by Crippen LogP contribution is -2.64. The van der Waals surface area contributed by atoms with Gasteiger partial charge in [-0.15, -0.1) is 0 Å². The van der Waals surface area contributed by atoms with Gasteiger partial charge in [0, 0.05) is 20.8 Å². The minimum absolute atomic E-state index is 0.357. The molecule has 5 atom stereocenters. The van der Waals surface area contributed by atoms with Gasteiger partial charge < -0.3 is 28.4 Å². The van der Waals surface area contributed by atoms with Crippen LogP contribution in [0.2, 0.25) is 0 Å². The summed E-state index contributed by atoms with van der Waals surface area (Å²) in [5.41, 5.74) is 1.06. The Kier molecular flexibility index (Phi) is 8.38. The van der Waals surface area contributed by atoms with Gasteiger partial charge in [-0.25, -0.2) is 4.79 Å². The Balaban J connectivity index is 2.46. The summed E-state index contributed by atoms with van der Waals surface area (Å²) in [4.78, 5) is 47.5. The molecule has 0 N–H and O–H groups in total. The summed E-state index contributed by atoms with van der Waals surface area (Å²) in [7, 11) is 1.12. The van der Waals surface area contributed by atoms with E-state index in [1.807, 2.05) is 19.1 Å². The summed E-state index contributed by atoms with van der Waals surface area (Å²) in [6.07, 6.45) is -6.19. The summed E-state index contributed by atoms with van der Waals surface area (Å²) in [6.45, 7) is 5.37. The molecule has 1 aromatic rings. The van der Waals surface area contributed by atoms with Gasteiger partial charge in [-0.05, 0) is 24.1 Å². The van der Waals surface area contributed by atoms with Crippen molar-refractivity contribution in [3.05, 3.63) is 29.8 Å². The highest BCUT2D eigenvalue weighted by atomic mass is 16.7. The van der Waals surface area contributed by atoms with Crippen LogP contribution in [-0.4, -0.2) is 61.7 Å². The fraction of sp³-hybridized carbons (Fsp3) is 0.524. The van der Waals surface area contributed by atoms with Crippen molar-refractivity contribution in [1.29, 1.82) is 0 Å². The number of benzene rings is 1. The molecule has 1 aliphatic rings. The predicted molar refractivity (Wildman–Crippen MR) is 104 cm³/mol. The normalized spacial score (nSPS) is 25.1. The Morgan fingerprint density at radius 1 is 0.839 bits per heavy atom. The standard InChI is InChI=1S/C21H26O10/c1-6-14-7-9-15(10-8-14)30-21-19(29-13(4)24)17(28-12(3)23)16(27-11(2)22)18(31-21)20(25)26-5/h7-10,16-19,21H,6H2,1-5H3/t16-,17+,18+,19-,21+/m0/s1. The number of methoxy groups -OCH3 is 1. The fourth-order valence-corrected chi connectivity index (χ4v) is 3.11. The highest BCUT2D eigenvalue weighted by Crippen LogP contribution is 2.31. The monoisotopic (exact) mass is 438 g/mol. The molecule has 0 bridgehead atoms. The Labute approximate surface area is 179 Å². The first-order valence-corrected chi connectivity index (χ1v) is 9.66. The van der Waals surface area contributed by atoms with Gasteiger partial charge in [0.15, 0.2) is 18.3 Å². The van der Waals surface area contributed by atoms with Gasteiger partial charge in [-0.1, -0.05) is 19.1 Å². The van der Waals surface area contributed by atoms with Crippen molar-refractivity contribution in [3.8, 4) is 5.75 Å². The zero-order valence-corrected chi connectivity index (χ0v) is 18.0. The van der Waals surface area contributed by atoms with Gasteiger partial charge in [-0.2, -0.15) is 0 Å². The maximum Gasteiger partial charge on any atom is 0.339 e. The van der Waals surface area contributed by atoms with Crippen molar-refractivity contribution in [1.82, 2.24) is 0 Å². The number of hydrogen-bond donors (Lipinski definition) is 0. The first-order chi connectivity index (χ1) is 14.7. The van der Waals surface area contributed by atoms with E-state index >= 15 is 0 Å². The van der Waals surface area contributed by atoms with Gasteiger partial charge in [-0.3, -0.25) is 14.4 Å². The average molecular weight is 438 g/mol. The second-order valence-electron chi connectivity index (χ2n) is 6.79. The van der Waals surface area contributed by atoms with E-state index in [2.05, 4.69) is 0 Å². The first kappa shape index (κ1) is 24.1. The summed E-state index contributed by atoms with van der Waals surface area (Å²) in [6, 6.07) is 7.03. The molecule has 1 aromatic carbocycles. The minimum atomic E-state index is -1.50. The van der Waals surface area contributed by atoms with Gasteiger partial charge in [0.25, 0.3) is 0 Å². The summed E-state index contributed by atoms with van der Waals surface area (Å²) >= 11 is 0. The smallest absolute Gasteiger partial charge is 0.339 e. The minimum Gasteiger partial charge on any atom is -0.467 e. The second kappa shape index (κ2) is 10.8. The van der Waals surface area contributed by atoms with Crippen molar-refractivity contribution in [2.45, 2.75) is 64.8 Å². The molecule has 0 saturated carbocycles. The zero-order chi connectivity index (χ0) is 23.1. The summed E-state index contributed by atoms with van der Waals surface area (Å²) in [5, 5.41) is 0. The molecule has 170 valence electrons. The van der Waals surface area contributed by atoms with Crippen LogP contribution in [0, 0.1) is 0 Å². The molecule has 10 nitrogen and oxygen atoms in total. The van der Waals surface area contributed by atoms with E-state index in [0.29, 0.717) is 5.75 Å². The van der Waals surface area contributed by atoms with Crippen LogP contribution in [-0.2, 0) is 49.3 Å². The van der Waals surface area contributed by atoms with Gasteiger partial charge in [0.05, 0.1) is 7.11 Å².